The van der Waals surface area contributed by atoms with Crippen LogP contribution in [0.25, 0.3) is 0 Å². The van der Waals surface area contributed by atoms with Crippen LogP contribution in [0.3, 0.4) is 0 Å². The topological polar surface area (TPSA) is 72.5 Å². The fourth-order valence-corrected chi connectivity index (χ4v) is 2.23. The maximum absolute atomic E-state index is 12.4. The Morgan fingerprint density at radius 1 is 1.25 bits per heavy atom. The van der Waals surface area contributed by atoms with Crippen LogP contribution >= 0.6 is 11.6 Å². The van der Waals surface area contributed by atoms with E-state index in [-0.39, 0.29) is 5.91 Å². The number of benzene rings is 1. The highest BCUT2D eigenvalue weighted by Gasteiger charge is 2.16. The average molecular weight is 350 g/mol. The maximum atomic E-state index is 12.4. The number of halogens is 1. The number of nitrogens with one attached hydrogen (secondary N) is 2. The lowest BCUT2D eigenvalue weighted by Gasteiger charge is -2.17. The zero-order valence-electron chi connectivity index (χ0n) is 14.0. The number of pyridine rings is 1. The van der Waals surface area contributed by atoms with Crippen molar-refractivity contribution >= 4 is 28.9 Å². The first-order valence-corrected chi connectivity index (χ1v) is 7.74. The van der Waals surface area contributed by atoms with Crippen molar-refractivity contribution in [3.63, 3.8) is 0 Å². The first kappa shape index (κ1) is 17.9. The van der Waals surface area contributed by atoms with Gasteiger partial charge in [0.2, 0.25) is 11.8 Å². The third kappa shape index (κ3) is 4.29. The predicted octanol–water partition coefficient (Wildman–Crippen LogP) is 3.50. The molecule has 0 fully saturated rings. The number of rotatable bonds is 6. The van der Waals surface area contributed by atoms with Crippen LogP contribution in [0.2, 0.25) is 5.02 Å². The molecule has 0 radical (unpaired) electrons. The zero-order valence-corrected chi connectivity index (χ0v) is 14.8. The van der Waals surface area contributed by atoms with Gasteiger partial charge in [-0.15, -0.1) is 0 Å². The smallest absolute Gasteiger partial charge is 0.246 e. The van der Waals surface area contributed by atoms with Gasteiger partial charge in [-0.05, 0) is 31.5 Å². The molecule has 0 saturated carbocycles. The largest absolute Gasteiger partial charge is 0.495 e. The van der Waals surface area contributed by atoms with E-state index in [1.807, 2.05) is 6.92 Å². The summed E-state index contributed by atoms with van der Waals surface area (Å²) in [5.74, 6) is 0.821. The van der Waals surface area contributed by atoms with Gasteiger partial charge in [0.05, 0.1) is 31.8 Å². The van der Waals surface area contributed by atoms with Gasteiger partial charge >= 0.3 is 0 Å². The lowest BCUT2D eigenvalue weighted by atomic mass is 10.2. The number of amides is 1. The predicted molar refractivity (Wildman–Crippen MR) is 95.2 cm³/mol. The number of aromatic nitrogens is 1. The zero-order chi connectivity index (χ0) is 17.7. The molecule has 7 heteroatoms. The first-order valence-electron chi connectivity index (χ1n) is 7.36. The number of aryl methyl sites for hydroxylation is 1. The van der Waals surface area contributed by atoms with E-state index in [4.69, 9.17) is 21.1 Å². The molecule has 2 N–H and O–H groups in total. The van der Waals surface area contributed by atoms with E-state index in [0.29, 0.717) is 22.3 Å². The molecule has 1 unspecified atom stereocenters. The van der Waals surface area contributed by atoms with E-state index in [2.05, 4.69) is 15.6 Å². The second kappa shape index (κ2) is 7.88. The van der Waals surface area contributed by atoms with Crippen LogP contribution in [0.5, 0.6) is 11.6 Å². The molecule has 1 atom stereocenters. The quantitative estimate of drug-likeness (QED) is 0.835. The molecule has 2 rings (SSSR count). The Hall–Kier alpha value is -2.47. The van der Waals surface area contributed by atoms with Gasteiger partial charge in [-0.3, -0.25) is 4.79 Å². The lowest BCUT2D eigenvalue weighted by Crippen LogP contribution is -2.32. The SMILES string of the molecule is COc1ccc(NC(C)C(=O)Nc2cc(C)c(Cl)cc2OC)cn1. The molecule has 1 amide bonds. The van der Waals surface area contributed by atoms with E-state index >= 15 is 0 Å². The van der Waals surface area contributed by atoms with Gasteiger partial charge in [0.15, 0.2) is 0 Å². The van der Waals surface area contributed by atoms with Gasteiger partial charge in [0.1, 0.15) is 11.8 Å². The van der Waals surface area contributed by atoms with Gasteiger partial charge in [-0.2, -0.15) is 0 Å². The number of methoxy groups -OCH3 is 2. The highest BCUT2D eigenvalue weighted by Crippen LogP contribution is 2.31. The van der Waals surface area contributed by atoms with Crippen molar-refractivity contribution in [2.24, 2.45) is 0 Å². The Kier molecular flexibility index (Phi) is 5.87. The Bertz CT molecular complexity index is 720. The summed E-state index contributed by atoms with van der Waals surface area (Å²) in [6, 6.07) is 6.50. The van der Waals surface area contributed by atoms with E-state index < -0.39 is 6.04 Å². The molecule has 1 aromatic carbocycles. The van der Waals surface area contributed by atoms with Crippen LogP contribution in [0.15, 0.2) is 30.5 Å². The normalized spacial score (nSPS) is 11.5. The monoisotopic (exact) mass is 349 g/mol. The maximum Gasteiger partial charge on any atom is 0.246 e. The van der Waals surface area contributed by atoms with E-state index in [0.717, 1.165) is 11.3 Å². The van der Waals surface area contributed by atoms with Crippen LogP contribution in [0.4, 0.5) is 11.4 Å². The van der Waals surface area contributed by atoms with Crippen molar-refractivity contribution in [3.05, 3.63) is 41.0 Å². The van der Waals surface area contributed by atoms with Crippen molar-refractivity contribution in [1.29, 1.82) is 0 Å². The second-order valence-corrected chi connectivity index (χ2v) is 5.65. The number of carbonyl (C=O) groups is 1. The van der Waals surface area contributed by atoms with Gasteiger partial charge in [-0.25, -0.2) is 4.98 Å². The summed E-state index contributed by atoms with van der Waals surface area (Å²) < 4.78 is 10.3. The molecule has 0 aliphatic carbocycles. The summed E-state index contributed by atoms with van der Waals surface area (Å²) >= 11 is 6.07. The summed E-state index contributed by atoms with van der Waals surface area (Å²) in [6.45, 7) is 3.62. The minimum absolute atomic E-state index is 0.203. The molecule has 1 heterocycles. The minimum atomic E-state index is -0.471. The van der Waals surface area contributed by atoms with Crippen LogP contribution in [0.1, 0.15) is 12.5 Å². The highest BCUT2D eigenvalue weighted by atomic mass is 35.5. The summed E-state index contributed by atoms with van der Waals surface area (Å²) in [5, 5.41) is 6.51. The van der Waals surface area contributed by atoms with Crippen LogP contribution in [0, 0.1) is 6.92 Å². The summed E-state index contributed by atoms with van der Waals surface area (Å²) in [7, 11) is 3.08. The number of hydrogen-bond donors (Lipinski definition) is 2. The van der Waals surface area contributed by atoms with Gasteiger partial charge in [-0.1, -0.05) is 11.6 Å². The summed E-state index contributed by atoms with van der Waals surface area (Å²) in [6.07, 6.45) is 1.61. The molecule has 0 bridgehead atoms. The van der Waals surface area contributed by atoms with Crippen molar-refractivity contribution in [2.45, 2.75) is 19.9 Å². The molecule has 0 saturated heterocycles. The fourth-order valence-electron chi connectivity index (χ4n) is 2.07. The molecule has 24 heavy (non-hydrogen) atoms. The Balaban J connectivity index is 2.07. The molecule has 0 aliphatic heterocycles. The van der Waals surface area contributed by atoms with E-state index in [1.54, 1.807) is 44.5 Å². The number of anilines is 2. The lowest BCUT2D eigenvalue weighted by molar-refractivity contribution is -0.116. The Labute approximate surface area is 146 Å². The van der Waals surface area contributed by atoms with Gasteiger partial charge in [0, 0.05) is 17.2 Å². The highest BCUT2D eigenvalue weighted by molar-refractivity contribution is 6.31. The van der Waals surface area contributed by atoms with Crippen LogP contribution in [-0.2, 0) is 4.79 Å². The molecule has 1 aromatic heterocycles. The van der Waals surface area contributed by atoms with Crippen molar-refractivity contribution in [3.8, 4) is 11.6 Å². The van der Waals surface area contributed by atoms with Gasteiger partial charge in [0.25, 0.3) is 0 Å². The average Bonchev–Trinajstić information content (AvgIpc) is 2.58. The Morgan fingerprint density at radius 3 is 2.58 bits per heavy atom. The molecule has 2 aromatic rings. The van der Waals surface area contributed by atoms with Crippen molar-refractivity contribution in [1.82, 2.24) is 4.98 Å². The summed E-state index contributed by atoms with van der Waals surface area (Å²) in [4.78, 5) is 16.5. The number of ether oxygens (including phenoxy) is 2. The third-order valence-electron chi connectivity index (χ3n) is 3.46. The molecule has 0 spiro atoms. The van der Waals surface area contributed by atoms with Crippen molar-refractivity contribution < 1.29 is 14.3 Å². The fraction of sp³-hybridized carbons (Fsp3) is 0.294. The van der Waals surface area contributed by atoms with E-state index in [9.17, 15) is 4.79 Å². The molecule has 0 aliphatic rings. The van der Waals surface area contributed by atoms with Crippen LogP contribution in [-0.4, -0.2) is 31.2 Å². The molecule has 6 nitrogen and oxygen atoms in total. The number of nitrogens with zero attached hydrogens (tertiary/aromatic N) is 1. The van der Waals surface area contributed by atoms with Crippen molar-refractivity contribution in [2.75, 3.05) is 24.9 Å². The standard InChI is InChI=1S/C17H20ClN3O3/c1-10-7-14(15(23-3)8-13(10)18)21-17(22)11(2)20-12-5-6-16(24-4)19-9-12/h5-9,11,20H,1-4H3,(H,21,22). The number of hydrogen-bond acceptors (Lipinski definition) is 5. The third-order valence-corrected chi connectivity index (χ3v) is 3.87. The molecular weight excluding hydrogens is 330 g/mol. The van der Waals surface area contributed by atoms with Crippen LogP contribution < -0.4 is 20.1 Å². The second-order valence-electron chi connectivity index (χ2n) is 5.25. The van der Waals surface area contributed by atoms with E-state index in [1.165, 1.54) is 7.11 Å². The minimum Gasteiger partial charge on any atom is -0.495 e. The first-order chi connectivity index (χ1) is 11.4. The summed E-state index contributed by atoms with van der Waals surface area (Å²) in [5.41, 5.74) is 2.15. The molecular formula is C17H20ClN3O3. The molecule has 128 valence electrons. The Morgan fingerprint density at radius 2 is 2.00 bits per heavy atom. The van der Waals surface area contributed by atoms with Gasteiger partial charge < -0.3 is 20.1 Å². The number of carbonyl (C=O) groups excluding carboxylic acids is 1.